The first kappa shape index (κ1) is 20.8. The van der Waals surface area contributed by atoms with Crippen LogP contribution in [0.15, 0.2) is 70.6 Å². The molecule has 31 heavy (non-hydrogen) atoms. The molecule has 8 heteroatoms. The molecule has 4 aromatic rings. The first-order valence-electron chi connectivity index (χ1n) is 9.54. The van der Waals surface area contributed by atoms with Crippen LogP contribution in [-0.4, -0.2) is 16.0 Å². The zero-order valence-corrected chi connectivity index (χ0v) is 17.9. The van der Waals surface area contributed by atoms with Crippen molar-refractivity contribution in [2.45, 2.75) is 19.4 Å². The normalized spacial score (nSPS) is 10.6. The lowest BCUT2D eigenvalue weighted by atomic mass is 10.1. The Morgan fingerprint density at radius 1 is 1.16 bits per heavy atom. The van der Waals surface area contributed by atoms with Gasteiger partial charge < -0.3 is 9.42 Å². The number of aryl methyl sites for hydroxylation is 1. The number of carbonyl (C=O) groups is 1. The molecule has 154 valence electrons. The third-order valence-corrected chi connectivity index (χ3v) is 5.72. The number of rotatable bonds is 7. The number of nitriles is 1. The Hall–Kier alpha value is -3.47. The van der Waals surface area contributed by atoms with Crippen LogP contribution in [0.2, 0.25) is 5.02 Å². The van der Waals surface area contributed by atoms with Crippen LogP contribution in [0.3, 0.4) is 0 Å². The number of hydrogen-bond acceptors (Lipinski definition) is 6. The smallest absolute Gasteiger partial charge is 0.227 e. The van der Waals surface area contributed by atoms with Gasteiger partial charge in [0.05, 0.1) is 22.7 Å². The highest BCUT2D eigenvalue weighted by atomic mass is 35.5. The minimum Gasteiger partial charge on any atom is -0.339 e. The summed E-state index contributed by atoms with van der Waals surface area (Å²) in [5.74, 6) is 0.738. The van der Waals surface area contributed by atoms with Gasteiger partial charge >= 0.3 is 0 Å². The van der Waals surface area contributed by atoms with Gasteiger partial charge in [-0.15, -0.1) is 11.3 Å². The maximum absolute atomic E-state index is 13.2. The van der Waals surface area contributed by atoms with Crippen molar-refractivity contribution in [3.63, 3.8) is 0 Å². The molecule has 4 rings (SSSR count). The third-order valence-electron chi connectivity index (χ3n) is 4.62. The predicted octanol–water partition coefficient (Wildman–Crippen LogP) is 5.49. The molecule has 6 nitrogen and oxygen atoms in total. The molecule has 0 aliphatic rings. The van der Waals surface area contributed by atoms with E-state index in [-0.39, 0.29) is 12.3 Å². The lowest BCUT2D eigenvalue weighted by Crippen LogP contribution is -2.31. The van der Waals surface area contributed by atoms with Crippen LogP contribution >= 0.6 is 22.9 Å². The number of hydrogen-bond donors (Lipinski definition) is 0. The molecule has 0 saturated heterocycles. The zero-order chi connectivity index (χ0) is 21.6. The number of amides is 1. The Kier molecular flexibility index (Phi) is 6.41. The number of carbonyl (C=O) groups excluding carboxylic acids is 1. The van der Waals surface area contributed by atoms with E-state index in [0.717, 1.165) is 10.4 Å². The molecule has 1 amide bonds. The molecule has 0 saturated carbocycles. The fourth-order valence-corrected chi connectivity index (χ4v) is 3.92. The van der Waals surface area contributed by atoms with E-state index in [1.807, 2.05) is 47.8 Å². The average molecular weight is 449 g/mol. The summed E-state index contributed by atoms with van der Waals surface area (Å²) in [7, 11) is 0. The molecule has 0 N–H and O–H groups in total. The van der Waals surface area contributed by atoms with Crippen LogP contribution in [-0.2, 0) is 17.8 Å². The third kappa shape index (κ3) is 5.00. The summed E-state index contributed by atoms with van der Waals surface area (Å²) in [6.45, 7) is 0.318. The molecule has 0 fully saturated rings. The second kappa shape index (κ2) is 9.56. The molecular weight excluding hydrogens is 432 g/mol. The van der Waals surface area contributed by atoms with Gasteiger partial charge in [-0.2, -0.15) is 10.2 Å². The topological polar surface area (TPSA) is 83.0 Å². The van der Waals surface area contributed by atoms with E-state index in [4.69, 9.17) is 16.1 Å². The standard InChI is InChI=1S/C23H17ClN4O2S/c24-18-9-8-17(14-25)19(13-18)28(15-16-5-2-1-3-6-16)22(29)11-10-21-26-23(27-30-21)20-7-4-12-31-20/h1-9,12-13H,10-11,15H2. The van der Waals surface area contributed by atoms with Crippen molar-refractivity contribution >= 4 is 34.5 Å². The lowest BCUT2D eigenvalue weighted by Gasteiger charge is -2.24. The van der Waals surface area contributed by atoms with E-state index >= 15 is 0 Å². The van der Waals surface area contributed by atoms with Crippen LogP contribution in [0.4, 0.5) is 5.69 Å². The molecular formula is C23H17ClN4O2S. The molecule has 0 aliphatic carbocycles. The molecule has 0 radical (unpaired) electrons. The number of anilines is 1. The highest BCUT2D eigenvalue weighted by Crippen LogP contribution is 2.27. The van der Waals surface area contributed by atoms with Crippen LogP contribution in [0.25, 0.3) is 10.7 Å². The Morgan fingerprint density at radius 3 is 2.74 bits per heavy atom. The van der Waals surface area contributed by atoms with E-state index < -0.39 is 0 Å². The van der Waals surface area contributed by atoms with Gasteiger partial charge in [0.2, 0.25) is 17.6 Å². The van der Waals surface area contributed by atoms with Crippen molar-refractivity contribution in [2.75, 3.05) is 4.90 Å². The number of benzene rings is 2. The second-order valence-corrected chi connectivity index (χ2v) is 8.11. The summed E-state index contributed by atoms with van der Waals surface area (Å²) in [5.41, 5.74) is 1.80. The lowest BCUT2D eigenvalue weighted by molar-refractivity contribution is -0.118. The van der Waals surface area contributed by atoms with E-state index in [1.165, 1.54) is 11.3 Å². The zero-order valence-electron chi connectivity index (χ0n) is 16.4. The van der Waals surface area contributed by atoms with Gasteiger partial charge in [0, 0.05) is 17.9 Å². The maximum Gasteiger partial charge on any atom is 0.227 e. The van der Waals surface area contributed by atoms with Crippen molar-refractivity contribution in [1.29, 1.82) is 5.26 Å². The largest absolute Gasteiger partial charge is 0.339 e. The average Bonchev–Trinajstić information content (AvgIpc) is 3.48. The van der Waals surface area contributed by atoms with Crippen LogP contribution < -0.4 is 4.90 Å². The Bertz CT molecular complexity index is 1220. The van der Waals surface area contributed by atoms with Crippen LogP contribution in [0.1, 0.15) is 23.4 Å². The van der Waals surface area contributed by atoms with Crippen molar-refractivity contribution in [3.8, 4) is 16.8 Å². The van der Waals surface area contributed by atoms with Crippen molar-refractivity contribution in [1.82, 2.24) is 10.1 Å². The summed E-state index contributed by atoms with van der Waals surface area (Å²) in [6, 6.07) is 20.5. The Balaban J connectivity index is 1.56. The minimum atomic E-state index is -0.168. The van der Waals surface area contributed by atoms with Gasteiger partial charge in [-0.3, -0.25) is 4.79 Å². The second-order valence-electron chi connectivity index (χ2n) is 6.73. The minimum absolute atomic E-state index is 0.149. The number of halogens is 1. The quantitative estimate of drug-likeness (QED) is 0.373. The predicted molar refractivity (Wildman–Crippen MR) is 120 cm³/mol. The fraction of sp³-hybridized carbons (Fsp3) is 0.130. The van der Waals surface area contributed by atoms with E-state index in [0.29, 0.717) is 41.0 Å². The number of aromatic nitrogens is 2. The van der Waals surface area contributed by atoms with E-state index in [1.54, 1.807) is 23.1 Å². The van der Waals surface area contributed by atoms with Gasteiger partial charge in [0.25, 0.3) is 0 Å². The molecule has 2 heterocycles. The Morgan fingerprint density at radius 2 is 2.00 bits per heavy atom. The van der Waals surface area contributed by atoms with Crippen LogP contribution in [0.5, 0.6) is 0 Å². The van der Waals surface area contributed by atoms with Gasteiger partial charge in [-0.25, -0.2) is 0 Å². The molecule has 0 unspecified atom stereocenters. The van der Waals surface area contributed by atoms with Gasteiger partial charge in [-0.1, -0.05) is 53.2 Å². The molecule has 2 aromatic heterocycles. The van der Waals surface area contributed by atoms with E-state index in [2.05, 4.69) is 16.2 Å². The van der Waals surface area contributed by atoms with Gasteiger partial charge in [0.15, 0.2) is 0 Å². The SMILES string of the molecule is N#Cc1ccc(Cl)cc1N(Cc1ccccc1)C(=O)CCc1nc(-c2cccs2)no1. The first-order valence-corrected chi connectivity index (χ1v) is 10.8. The van der Waals surface area contributed by atoms with Crippen LogP contribution in [0, 0.1) is 11.3 Å². The highest BCUT2D eigenvalue weighted by molar-refractivity contribution is 7.13. The van der Waals surface area contributed by atoms with Gasteiger partial charge in [0.1, 0.15) is 6.07 Å². The maximum atomic E-state index is 13.2. The highest BCUT2D eigenvalue weighted by Gasteiger charge is 2.21. The summed E-state index contributed by atoms with van der Waals surface area (Å²) in [4.78, 5) is 20.1. The fourth-order valence-electron chi connectivity index (χ4n) is 3.11. The number of nitrogens with zero attached hydrogens (tertiary/aromatic N) is 4. The van der Waals surface area contributed by atoms with Gasteiger partial charge in [-0.05, 0) is 35.2 Å². The molecule has 0 aliphatic heterocycles. The molecule has 2 aromatic carbocycles. The summed E-state index contributed by atoms with van der Waals surface area (Å²) < 4.78 is 5.31. The molecule has 0 atom stereocenters. The summed E-state index contributed by atoms with van der Waals surface area (Å²) in [5, 5.41) is 15.9. The molecule has 0 bridgehead atoms. The summed E-state index contributed by atoms with van der Waals surface area (Å²) in [6.07, 6.45) is 0.446. The monoisotopic (exact) mass is 448 g/mol. The number of thiophene rings is 1. The Labute approximate surface area is 188 Å². The van der Waals surface area contributed by atoms with E-state index in [9.17, 15) is 10.1 Å². The summed E-state index contributed by atoms with van der Waals surface area (Å²) >= 11 is 7.69. The van der Waals surface area contributed by atoms with Crippen molar-refractivity contribution in [2.24, 2.45) is 0 Å². The van der Waals surface area contributed by atoms with Crippen molar-refractivity contribution in [3.05, 3.63) is 88.1 Å². The molecule has 0 spiro atoms. The first-order chi connectivity index (χ1) is 15.1. The van der Waals surface area contributed by atoms with Crippen molar-refractivity contribution < 1.29 is 9.32 Å².